The van der Waals surface area contributed by atoms with Gasteiger partial charge >= 0.3 is 23.9 Å². The van der Waals surface area contributed by atoms with E-state index >= 15 is 0 Å². The first-order valence-corrected chi connectivity index (χ1v) is 8.42. The topological polar surface area (TPSA) is 194 Å². The highest BCUT2D eigenvalue weighted by Crippen LogP contribution is 2.20. The van der Waals surface area contributed by atoms with Crippen molar-refractivity contribution in [3.63, 3.8) is 0 Å². The van der Waals surface area contributed by atoms with Gasteiger partial charge in [-0.3, -0.25) is 4.98 Å². The van der Waals surface area contributed by atoms with Crippen LogP contribution in [-0.4, -0.2) is 67.5 Å². The third-order valence-corrected chi connectivity index (χ3v) is 3.22. The first kappa shape index (κ1) is 26.2. The van der Waals surface area contributed by atoms with Gasteiger partial charge in [-0.15, -0.1) is 0 Å². The normalized spacial score (nSPS) is 10.3. The molecule has 30 heavy (non-hydrogen) atoms. The van der Waals surface area contributed by atoms with Gasteiger partial charge < -0.3 is 30.8 Å². The third kappa shape index (κ3) is 11.8. The Kier molecular flexibility index (Phi) is 13.2. The zero-order valence-corrected chi connectivity index (χ0v) is 15.7. The Balaban J connectivity index is 0.000000580. The maximum Gasteiger partial charge on any atom is 0.414 e. The Morgan fingerprint density at radius 3 is 1.60 bits per heavy atom. The molecule has 1 heterocycles. The molecule has 1 aromatic carbocycles. The third-order valence-electron chi connectivity index (χ3n) is 3.22. The van der Waals surface area contributed by atoms with Crippen molar-refractivity contribution in [2.75, 3.05) is 13.2 Å². The van der Waals surface area contributed by atoms with Crippen LogP contribution >= 0.6 is 0 Å². The molecule has 0 aliphatic carbocycles. The van der Waals surface area contributed by atoms with Crippen molar-refractivity contribution in [2.24, 2.45) is 0 Å². The predicted octanol–water partition coefficient (Wildman–Crippen LogP) is 0.454. The lowest BCUT2D eigenvalue weighted by atomic mass is 9.99. The number of aromatic nitrogens is 1. The molecule has 0 saturated carbocycles. The number of nitrogens with one attached hydrogen (secondary N) is 1. The number of nitrogens with zero attached hydrogens (tertiary/aromatic N) is 1. The smallest absolute Gasteiger partial charge is 0.414 e. The van der Waals surface area contributed by atoms with Crippen LogP contribution in [0.4, 0.5) is 0 Å². The Labute approximate surface area is 171 Å². The van der Waals surface area contributed by atoms with E-state index in [4.69, 9.17) is 44.7 Å². The van der Waals surface area contributed by atoms with E-state index in [-0.39, 0.29) is 12.6 Å². The lowest BCUT2D eigenvalue weighted by Crippen LogP contribution is -2.24. The van der Waals surface area contributed by atoms with Crippen LogP contribution < -0.4 is 5.32 Å². The molecule has 6 N–H and O–H groups in total. The summed E-state index contributed by atoms with van der Waals surface area (Å²) in [5.74, 6) is -7.30. The number of carbonyl (C=O) groups is 4. The van der Waals surface area contributed by atoms with Crippen LogP contribution in [0, 0.1) is 0 Å². The molecular weight excluding hydrogens is 400 g/mol. The van der Waals surface area contributed by atoms with Gasteiger partial charge in [-0.2, -0.15) is 0 Å². The van der Waals surface area contributed by atoms with Crippen LogP contribution in [0.2, 0.25) is 0 Å². The zero-order valence-electron chi connectivity index (χ0n) is 15.7. The number of pyridine rings is 1. The molecule has 11 nitrogen and oxygen atoms in total. The molecule has 11 heteroatoms. The van der Waals surface area contributed by atoms with Gasteiger partial charge in [0.25, 0.3) is 0 Å². The number of aliphatic hydroxyl groups excluding tert-OH is 1. The molecule has 0 aliphatic heterocycles. The largest absolute Gasteiger partial charge is 0.473 e. The minimum Gasteiger partial charge on any atom is -0.473 e. The van der Waals surface area contributed by atoms with Gasteiger partial charge in [-0.1, -0.05) is 30.3 Å². The van der Waals surface area contributed by atoms with E-state index in [0.717, 1.165) is 13.0 Å². The number of rotatable bonds is 6. The average molecular weight is 422 g/mol. The van der Waals surface area contributed by atoms with Gasteiger partial charge in [0.05, 0.1) is 6.04 Å². The fraction of sp³-hybridized carbons (Fsp3) is 0.211. The quantitative estimate of drug-likeness (QED) is 0.279. The monoisotopic (exact) mass is 422 g/mol. The van der Waals surface area contributed by atoms with E-state index in [2.05, 4.69) is 22.4 Å². The van der Waals surface area contributed by atoms with E-state index in [9.17, 15) is 0 Å². The van der Waals surface area contributed by atoms with Crippen molar-refractivity contribution in [1.29, 1.82) is 0 Å². The molecule has 0 radical (unpaired) electrons. The minimum absolute atomic E-state index is 0.153. The van der Waals surface area contributed by atoms with E-state index in [1.54, 1.807) is 12.4 Å². The summed E-state index contributed by atoms with van der Waals surface area (Å²) < 4.78 is 0. The van der Waals surface area contributed by atoms with Gasteiger partial charge in [-0.05, 0) is 36.2 Å². The maximum absolute atomic E-state index is 9.10. The van der Waals surface area contributed by atoms with Gasteiger partial charge in [0.2, 0.25) is 0 Å². The molecule has 0 fully saturated rings. The number of benzene rings is 1. The average Bonchev–Trinajstić information content (AvgIpc) is 2.73. The van der Waals surface area contributed by atoms with E-state index in [1.807, 2.05) is 30.3 Å². The molecule has 0 saturated heterocycles. The van der Waals surface area contributed by atoms with Crippen molar-refractivity contribution in [1.82, 2.24) is 10.3 Å². The van der Waals surface area contributed by atoms with Crippen molar-refractivity contribution >= 4 is 23.9 Å². The molecular formula is C19H22N2O9. The lowest BCUT2D eigenvalue weighted by molar-refractivity contribution is -0.159. The fourth-order valence-electron chi connectivity index (χ4n) is 1.95. The van der Waals surface area contributed by atoms with Crippen LogP contribution in [0.25, 0.3) is 0 Å². The number of carboxylic acid groups (broad SMARTS) is 4. The molecule has 162 valence electrons. The molecule has 1 unspecified atom stereocenters. The second-order valence-electron chi connectivity index (χ2n) is 5.38. The zero-order chi connectivity index (χ0) is 22.9. The summed E-state index contributed by atoms with van der Waals surface area (Å²) in [6.07, 6.45) is 4.37. The first-order valence-electron chi connectivity index (χ1n) is 8.42. The molecule has 0 bridgehead atoms. The minimum atomic E-state index is -1.82. The van der Waals surface area contributed by atoms with Crippen LogP contribution in [-0.2, 0) is 19.2 Å². The van der Waals surface area contributed by atoms with Crippen molar-refractivity contribution in [3.8, 4) is 0 Å². The number of hydrogen-bond acceptors (Lipinski definition) is 7. The van der Waals surface area contributed by atoms with Gasteiger partial charge in [0.1, 0.15) is 0 Å². The molecule has 1 aromatic heterocycles. The van der Waals surface area contributed by atoms with E-state index < -0.39 is 23.9 Å². The Morgan fingerprint density at radius 2 is 1.20 bits per heavy atom. The van der Waals surface area contributed by atoms with Crippen molar-refractivity contribution in [2.45, 2.75) is 12.5 Å². The van der Waals surface area contributed by atoms with Gasteiger partial charge in [0.15, 0.2) is 0 Å². The second kappa shape index (κ2) is 15.1. The highest BCUT2D eigenvalue weighted by molar-refractivity contribution is 6.27. The first-order chi connectivity index (χ1) is 14.2. The van der Waals surface area contributed by atoms with Crippen molar-refractivity contribution in [3.05, 3.63) is 66.0 Å². The number of aliphatic hydroxyl groups is 1. The molecule has 2 rings (SSSR count). The Bertz CT molecular complexity index is 711. The summed E-state index contributed by atoms with van der Waals surface area (Å²) in [6, 6.07) is 14.5. The van der Waals surface area contributed by atoms with Crippen LogP contribution in [0.15, 0.2) is 54.9 Å². The number of carboxylic acids is 4. The van der Waals surface area contributed by atoms with Crippen LogP contribution in [0.3, 0.4) is 0 Å². The summed E-state index contributed by atoms with van der Waals surface area (Å²) in [4.78, 5) is 40.4. The molecule has 0 aliphatic rings. The van der Waals surface area contributed by atoms with Gasteiger partial charge in [0, 0.05) is 19.0 Å². The molecule has 0 amide bonds. The predicted molar refractivity (Wildman–Crippen MR) is 103 cm³/mol. The van der Waals surface area contributed by atoms with Crippen LogP contribution in [0.1, 0.15) is 23.6 Å². The van der Waals surface area contributed by atoms with E-state index in [0.29, 0.717) is 0 Å². The summed E-state index contributed by atoms with van der Waals surface area (Å²) in [7, 11) is 0. The molecule has 0 spiro atoms. The SMILES string of the molecule is O=C(O)C(=O)O.O=C(O)C(=O)O.OCCCNC(c1ccccc1)c1ccncc1. The Hall–Kier alpha value is -3.83. The standard InChI is InChI=1S/C15H18N2O.2C2H2O4/c18-12-4-9-17-15(13-5-2-1-3-6-13)14-7-10-16-11-8-14;2*3-1(4)2(5)6/h1-3,5-8,10-11,15,17-18H,4,9,12H2;2*(H,3,4)(H,5,6). The molecule has 2 aromatic rings. The highest BCUT2D eigenvalue weighted by Gasteiger charge is 2.12. The summed E-state index contributed by atoms with van der Waals surface area (Å²) in [6.45, 7) is 1.00. The highest BCUT2D eigenvalue weighted by atomic mass is 16.4. The summed E-state index contributed by atoms with van der Waals surface area (Å²) in [5, 5.41) is 41.9. The fourth-order valence-corrected chi connectivity index (χ4v) is 1.95. The summed E-state index contributed by atoms with van der Waals surface area (Å²) in [5.41, 5.74) is 2.41. The molecule has 1 atom stereocenters. The maximum atomic E-state index is 9.10. The number of hydrogen-bond donors (Lipinski definition) is 6. The summed E-state index contributed by atoms with van der Waals surface area (Å²) >= 11 is 0. The van der Waals surface area contributed by atoms with Gasteiger partial charge in [-0.25, -0.2) is 19.2 Å². The van der Waals surface area contributed by atoms with E-state index in [1.165, 1.54) is 11.1 Å². The second-order valence-corrected chi connectivity index (χ2v) is 5.38. The lowest BCUT2D eigenvalue weighted by Gasteiger charge is -2.19. The van der Waals surface area contributed by atoms with Crippen LogP contribution in [0.5, 0.6) is 0 Å². The van der Waals surface area contributed by atoms with Crippen molar-refractivity contribution < 1.29 is 44.7 Å². The number of aliphatic carboxylic acids is 4. The Morgan fingerprint density at radius 1 is 0.767 bits per heavy atom.